The van der Waals surface area contributed by atoms with E-state index >= 15 is 0 Å². The third-order valence-electron chi connectivity index (χ3n) is 2.43. The maximum absolute atomic E-state index is 13.0. The van der Waals surface area contributed by atoms with Crippen molar-refractivity contribution in [3.8, 4) is 11.5 Å². The van der Waals surface area contributed by atoms with Gasteiger partial charge in [-0.2, -0.15) is 0 Å². The molecule has 2 aromatic carbocycles. The molecule has 0 radical (unpaired) electrons. The van der Waals surface area contributed by atoms with Gasteiger partial charge in [0.05, 0.1) is 7.11 Å². The number of hydrogen-bond donors (Lipinski definition) is 0. The molecule has 0 atom stereocenters. The highest BCUT2D eigenvalue weighted by molar-refractivity contribution is 9.10. The van der Waals surface area contributed by atoms with Crippen LogP contribution in [0, 0.1) is 5.82 Å². The van der Waals surface area contributed by atoms with Crippen LogP contribution in [0.1, 0.15) is 5.56 Å². The molecule has 18 heavy (non-hydrogen) atoms. The minimum Gasteiger partial charge on any atom is -0.496 e. The minimum atomic E-state index is -0.311. The number of ether oxygens (including phenoxy) is 2. The normalized spacial score (nSPS) is 10.2. The first-order valence-corrected chi connectivity index (χ1v) is 6.19. The fourth-order valence-electron chi connectivity index (χ4n) is 1.58. The van der Waals surface area contributed by atoms with Crippen LogP contribution < -0.4 is 9.47 Å². The summed E-state index contributed by atoms with van der Waals surface area (Å²) in [7, 11) is 1.61. The van der Waals surface area contributed by atoms with E-state index in [4.69, 9.17) is 9.47 Å². The number of benzene rings is 2. The first kappa shape index (κ1) is 12.9. The molecule has 0 amide bonds. The molecule has 2 nitrogen and oxygen atoms in total. The lowest BCUT2D eigenvalue weighted by molar-refractivity contribution is 0.295. The van der Waals surface area contributed by atoms with Crippen LogP contribution >= 0.6 is 15.9 Å². The first-order valence-electron chi connectivity index (χ1n) is 5.40. The lowest BCUT2D eigenvalue weighted by Gasteiger charge is -2.10. The predicted molar refractivity (Wildman–Crippen MR) is 71.4 cm³/mol. The van der Waals surface area contributed by atoms with Crippen molar-refractivity contribution in [1.82, 2.24) is 0 Å². The van der Waals surface area contributed by atoms with Gasteiger partial charge in [0.15, 0.2) is 0 Å². The van der Waals surface area contributed by atoms with E-state index in [-0.39, 0.29) is 5.82 Å². The van der Waals surface area contributed by atoms with Gasteiger partial charge in [0, 0.05) is 16.1 Å². The smallest absolute Gasteiger partial charge is 0.126 e. The lowest BCUT2D eigenvalue weighted by atomic mass is 10.2. The van der Waals surface area contributed by atoms with Gasteiger partial charge in [0.25, 0.3) is 0 Å². The van der Waals surface area contributed by atoms with Gasteiger partial charge in [0.2, 0.25) is 0 Å². The van der Waals surface area contributed by atoms with E-state index in [9.17, 15) is 4.39 Å². The van der Waals surface area contributed by atoms with Crippen LogP contribution in [-0.2, 0) is 6.61 Å². The van der Waals surface area contributed by atoms with E-state index in [1.807, 2.05) is 18.2 Å². The Bertz CT molecular complexity index is 543. The monoisotopic (exact) mass is 310 g/mol. The van der Waals surface area contributed by atoms with Crippen molar-refractivity contribution in [1.29, 1.82) is 0 Å². The Labute approximate surface area is 113 Å². The van der Waals surface area contributed by atoms with Crippen LogP contribution in [0.4, 0.5) is 4.39 Å². The summed E-state index contributed by atoms with van der Waals surface area (Å²) in [5.41, 5.74) is 0.899. The van der Waals surface area contributed by atoms with Crippen LogP contribution in [-0.4, -0.2) is 7.11 Å². The van der Waals surface area contributed by atoms with Crippen LogP contribution in [0.25, 0.3) is 0 Å². The molecule has 0 saturated heterocycles. The highest BCUT2D eigenvalue weighted by Gasteiger charge is 2.05. The zero-order chi connectivity index (χ0) is 13.0. The summed E-state index contributed by atoms with van der Waals surface area (Å²) in [6, 6.07) is 11.7. The summed E-state index contributed by atoms with van der Waals surface area (Å²) < 4.78 is 24.7. The minimum absolute atomic E-state index is 0.311. The molecule has 0 N–H and O–H groups in total. The van der Waals surface area contributed by atoms with Crippen molar-refractivity contribution in [2.75, 3.05) is 7.11 Å². The fourth-order valence-corrected chi connectivity index (χ4v) is 1.99. The van der Waals surface area contributed by atoms with Crippen LogP contribution in [0.5, 0.6) is 11.5 Å². The summed E-state index contributed by atoms with van der Waals surface area (Å²) in [5.74, 6) is 0.931. The van der Waals surface area contributed by atoms with Gasteiger partial charge in [-0.1, -0.05) is 22.0 Å². The SMILES string of the molecule is COc1ccc(Br)cc1COc1cccc(F)c1. The maximum Gasteiger partial charge on any atom is 0.126 e. The van der Waals surface area contributed by atoms with E-state index in [1.165, 1.54) is 12.1 Å². The Balaban J connectivity index is 2.12. The van der Waals surface area contributed by atoms with Crippen LogP contribution in [0.3, 0.4) is 0 Å². The highest BCUT2D eigenvalue weighted by atomic mass is 79.9. The fraction of sp³-hybridized carbons (Fsp3) is 0.143. The van der Waals surface area contributed by atoms with Crippen molar-refractivity contribution in [3.63, 3.8) is 0 Å². The predicted octanol–water partition coefficient (Wildman–Crippen LogP) is 4.18. The van der Waals surface area contributed by atoms with Gasteiger partial charge < -0.3 is 9.47 Å². The van der Waals surface area contributed by atoms with Crippen molar-refractivity contribution in [2.24, 2.45) is 0 Å². The average Bonchev–Trinajstić information content (AvgIpc) is 2.37. The van der Waals surface area contributed by atoms with Crippen LogP contribution in [0.15, 0.2) is 46.9 Å². The molecule has 0 fully saturated rings. The molecule has 2 aromatic rings. The molecule has 94 valence electrons. The molecular weight excluding hydrogens is 299 g/mol. The van der Waals surface area contributed by atoms with Crippen LogP contribution in [0.2, 0.25) is 0 Å². The molecule has 0 aliphatic carbocycles. The third-order valence-corrected chi connectivity index (χ3v) is 2.93. The van der Waals surface area contributed by atoms with Crippen molar-refractivity contribution in [2.45, 2.75) is 6.61 Å². The molecule has 2 rings (SSSR count). The van der Waals surface area contributed by atoms with Gasteiger partial charge in [0.1, 0.15) is 23.9 Å². The highest BCUT2D eigenvalue weighted by Crippen LogP contribution is 2.24. The zero-order valence-corrected chi connectivity index (χ0v) is 11.4. The van der Waals surface area contributed by atoms with E-state index in [2.05, 4.69) is 15.9 Å². The van der Waals surface area contributed by atoms with Gasteiger partial charge in [-0.05, 0) is 30.3 Å². The van der Waals surface area contributed by atoms with E-state index in [0.29, 0.717) is 12.4 Å². The first-order chi connectivity index (χ1) is 8.69. The summed E-state index contributed by atoms with van der Waals surface area (Å²) in [5, 5.41) is 0. The summed E-state index contributed by atoms with van der Waals surface area (Å²) >= 11 is 3.39. The molecule has 0 unspecified atom stereocenters. The Kier molecular flexibility index (Phi) is 4.20. The summed E-state index contributed by atoms with van der Waals surface area (Å²) in [4.78, 5) is 0. The number of methoxy groups -OCH3 is 1. The molecule has 4 heteroatoms. The maximum atomic E-state index is 13.0. The van der Waals surface area contributed by atoms with Crippen molar-refractivity contribution < 1.29 is 13.9 Å². The lowest BCUT2D eigenvalue weighted by Crippen LogP contribution is -1.99. The molecule has 0 bridgehead atoms. The van der Waals surface area contributed by atoms with Crippen molar-refractivity contribution >= 4 is 15.9 Å². The molecule has 0 aliphatic heterocycles. The third kappa shape index (κ3) is 3.23. The quantitative estimate of drug-likeness (QED) is 0.843. The molecule has 0 saturated carbocycles. The Hall–Kier alpha value is -1.55. The average molecular weight is 311 g/mol. The molecule has 0 heterocycles. The molecule has 0 aliphatic rings. The Morgan fingerprint density at radius 2 is 2.00 bits per heavy atom. The van der Waals surface area contributed by atoms with Gasteiger partial charge >= 0.3 is 0 Å². The summed E-state index contributed by atoms with van der Waals surface area (Å²) in [6.45, 7) is 0.325. The second kappa shape index (κ2) is 5.87. The molecule has 0 aromatic heterocycles. The standard InChI is InChI=1S/C14H12BrFO2/c1-17-14-6-5-11(15)7-10(14)9-18-13-4-2-3-12(16)8-13/h2-8H,9H2,1H3. The second-order valence-corrected chi connectivity index (χ2v) is 4.62. The second-order valence-electron chi connectivity index (χ2n) is 3.70. The van der Waals surface area contributed by atoms with Gasteiger partial charge in [-0.25, -0.2) is 4.39 Å². The number of hydrogen-bond acceptors (Lipinski definition) is 2. The van der Waals surface area contributed by atoms with E-state index in [0.717, 1.165) is 15.8 Å². The van der Waals surface area contributed by atoms with Gasteiger partial charge in [-0.15, -0.1) is 0 Å². The zero-order valence-electron chi connectivity index (χ0n) is 9.82. The molecular formula is C14H12BrFO2. The topological polar surface area (TPSA) is 18.5 Å². The molecule has 0 spiro atoms. The number of rotatable bonds is 4. The van der Waals surface area contributed by atoms with Gasteiger partial charge in [-0.3, -0.25) is 0 Å². The Morgan fingerprint density at radius 3 is 2.72 bits per heavy atom. The summed E-state index contributed by atoms with van der Waals surface area (Å²) in [6.07, 6.45) is 0. The van der Waals surface area contributed by atoms with E-state index in [1.54, 1.807) is 19.2 Å². The largest absolute Gasteiger partial charge is 0.496 e. The van der Waals surface area contributed by atoms with E-state index < -0.39 is 0 Å². The number of halogens is 2. The Morgan fingerprint density at radius 1 is 1.17 bits per heavy atom. The van der Waals surface area contributed by atoms with Crippen molar-refractivity contribution in [3.05, 3.63) is 58.3 Å².